The zero-order valence-corrected chi connectivity index (χ0v) is 10.9. The van der Waals surface area contributed by atoms with Crippen LogP contribution in [-0.4, -0.2) is 6.10 Å². The average Bonchev–Trinajstić information content (AvgIpc) is 3.22. The van der Waals surface area contributed by atoms with Gasteiger partial charge in [-0.05, 0) is 48.2 Å². The lowest BCUT2D eigenvalue weighted by Crippen LogP contribution is -2.12. The minimum absolute atomic E-state index is 0.340. The first kappa shape index (κ1) is 13.1. The first-order valence-electron chi connectivity index (χ1n) is 6.60. The summed E-state index contributed by atoms with van der Waals surface area (Å²) in [6, 6.07) is 10.1. The van der Waals surface area contributed by atoms with Crippen molar-refractivity contribution in [1.29, 1.82) is 0 Å². The van der Waals surface area contributed by atoms with Gasteiger partial charge in [0.1, 0.15) is 17.4 Å². The quantitative estimate of drug-likeness (QED) is 0.926. The van der Waals surface area contributed by atoms with Crippen molar-refractivity contribution in [2.45, 2.75) is 25.0 Å². The Morgan fingerprint density at radius 2 is 1.55 bits per heavy atom. The summed E-state index contributed by atoms with van der Waals surface area (Å²) in [5.41, 5.74) is 7.25. The van der Waals surface area contributed by atoms with Crippen LogP contribution in [0.5, 0.6) is 5.75 Å². The van der Waals surface area contributed by atoms with E-state index in [0.717, 1.165) is 30.2 Å². The zero-order valence-electron chi connectivity index (χ0n) is 10.9. The molecule has 1 atom stereocenters. The van der Waals surface area contributed by atoms with Crippen molar-refractivity contribution in [3.8, 4) is 5.75 Å². The molecule has 1 unspecified atom stereocenters. The molecule has 1 aliphatic carbocycles. The van der Waals surface area contributed by atoms with Crippen molar-refractivity contribution in [3.63, 3.8) is 0 Å². The van der Waals surface area contributed by atoms with E-state index in [1.807, 2.05) is 24.3 Å². The van der Waals surface area contributed by atoms with Gasteiger partial charge in [0.15, 0.2) is 0 Å². The van der Waals surface area contributed by atoms with Crippen LogP contribution in [0.25, 0.3) is 0 Å². The van der Waals surface area contributed by atoms with E-state index in [0.29, 0.717) is 11.7 Å². The summed E-state index contributed by atoms with van der Waals surface area (Å²) in [4.78, 5) is 0. The van der Waals surface area contributed by atoms with Crippen molar-refractivity contribution < 1.29 is 13.5 Å². The summed E-state index contributed by atoms with van der Waals surface area (Å²) in [6.07, 6.45) is 2.54. The third-order valence-corrected chi connectivity index (χ3v) is 3.31. The first-order chi connectivity index (χ1) is 9.61. The van der Waals surface area contributed by atoms with Crippen LogP contribution >= 0.6 is 0 Å². The highest BCUT2D eigenvalue weighted by Gasteiger charge is 2.23. The molecule has 1 saturated carbocycles. The van der Waals surface area contributed by atoms with Gasteiger partial charge in [0.25, 0.3) is 0 Å². The number of ether oxygens (including phenoxy) is 1. The van der Waals surface area contributed by atoms with Gasteiger partial charge in [-0.2, -0.15) is 0 Å². The van der Waals surface area contributed by atoms with Crippen molar-refractivity contribution >= 4 is 0 Å². The van der Waals surface area contributed by atoms with Crippen LogP contribution in [0.15, 0.2) is 42.5 Å². The number of nitrogens with two attached hydrogens (primary N) is 1. The number of rotatable bonds is 4. The molecule has 2 aromatic rings. The summed E-state index contributed by atoms with van der Waals surface area (Å²) >= 11 is 0. The van der Waals surface area contributed by atoms with Gasteiger partial charge in [0.2, 0.25) is 0 Å². The second kappa shape index (κ2) is 5.21. The first-order valence-corrected chi connectivity index (χ1v) is 6.60. The van der Waals surface area contributed by atoms with E-state index in [1.54, 1.807) is 0 Å². The largest absolute Gasteiger partial charge is 0.490 e. The normalized spacial score (nSPS) is 15.9. The van der Waals surface area contributed by atoms with E-state index in [1.165, 1.54) is 12.1 Å². The molecule has 20 heavy (non-hydrogen) atoms. The number of halogens is 2. The van der Waals surface area contributed by atoms with Gasteiger partial charge < -0.3 is 10.5 Å². The molecule has 0 spiro atoms. The molecule has 0 bridgehead atoms. The number of benzene rings is 2. The third kappa shape index (κ3) is 2.96. The molecule has 3 rings (SSSR count). The molecule has 0 radical (unpaired) electrons. The fourth-order valence-electron chi connectivity index (χ4n) is 2.08. The van der Waals surface area contributed by atoms with Crippen LogP contribution in [0, 0.1) is 11.6 Å². The molecular weight excluding hydrogens is 260 g/mol. The van der Waals surface area contributed by atoms with Crippen LogP contribution < -0.4 is 10.5 Å². The van der Waals surface area contributed by atoms with Crippen LogP contribution in [0.4, 0.5) is 8.78 Å². The second-order valence-corrected chi connectivity index (χ2v) is 5.07. The Kier molecular flexibility index (Phi) is 3.40. The van der Waals surface area contributed by atoms with E-state index >= 15 is 0 Å². The Bertz CT molecular complexity index is 588. The Morgan fingerprint density at radius 3 is 2.10 bits per heavy atom. The minimum Gasteiger partial charge on any atom is -0.490 e. The monoisotopic (exact) mass is 275 g/mol. The zero-order chi connectivity index (χ0) is 14.1. The fraction of sp³-hybridized carbons (Fsp3) is 0.250. The number of hydrogen-bond acceptors (Lipinski definition) is 2. The van der Waals surface area contributed by atoms with Crippen molar-refractivity contribution in [3.05, 3.63) is 65.2 Å². The van der Waals surface area contributed by atoms with Gasteiger partial charge in [-0.25, -0.2) is 8.78 Å². The van der Waals surface area contributed by atoms with Crippen molar-refractivity contribution in [2.75, 3.05) is 0 Å². The Hall–Kier alpha value is -1.94. The van der Waals surface area contributed by atoms with E-state index in [2.05, 4.69) is 0 Å². The highest BCUT2D eigenvalue weighted by atomic mass is 19.1. The molecule has 4 heteroatoms. The van der Waals surface area contributed by atoms with Gasteiger partial charge in [-0.1, -0.05) is 12.1 Å². The fourth-order valence-corrected chi connectivity index (χ4v) is 2.08. The minimum atomic E-state index is -0.621. The summed E-state index contributed by atoms with van der Waals surface area (Å²) < 4.78 is 32.0. The Balaban J connectivity index is 1.79. The van der Waals surface area contributed by atoms with E-state index < -0.39 is 17.7 Å². The van der Waals surface area contributed by atoms with Crippen molar-refractivity contribution in [2.24, 2.45) is 5.73 Å². The van der Waals surface area contributed by atoms with Crippen LogP contribution in [-0.2, 0) is 0 Å². The molecular formula is C16H15F2NO. The third-order valence-electron chi connectivity index (χ3n) is 3.31. The lowest BCUT2D eigenvalue weighted by Gasteiger charge is -2.14. The standard InChI is InChI=1S/C16H15F2NO/c17-12-7-11(8-13(18)9-12)16(19)10-1-3-14(4-2-10)20-15-5-6-15/h1-4,7-9,15-16H,5-6,19H2. The molecule has 2 nitrogen and oxygen atoms in total. The van der Waals surface area contributed by atoms with Gasteiger partial charge in [0.05, 0.1) is 12.1 Å². The summed E-state index contributed by atoms with van der Waals surface area (Å²) in [5.74, 6) is -0.442. The molecule has 0 saturated heterocycles. The maximum atomic E-state index is 13.2. The molecule has 0 aromatic heterocycles. The molecule has 1 aliphatic rings. The Labute approximate surface area is 116 Å². The molecule has 104 valence electrons. The van der Waals surface area contributed by atoms with Gasteiger partial charge in [-0.3, -0.25) is 0 Å². The molecule has 1 fully saturated rings. The number of hydrogen-bond donors (Lipinski definition) is 1. The predicted molar refractivity (Wildman–Crippen MR) is 72.5 cm³/mol. The molecule has 2 aromatic carbocycles. The lowest BCUT2D eigenvalue weighted by atomic mass is 9.99. The Morgan fingerprint density at radius 1 is 0.950 bits per heavy atom. The van der Waals surface area contributed by atoms with Crippen LogP contribution in [0.1, 0.15) is 30.0 Å². The summed E-state index contributed by atoms with van der Waals surface area (Å²) in [5, 5.41) is 0. The summed E-state index contributed by atoms with van der Waals surface area (Å²) in [6.45, 7) is 0. The second-order valence-electron chi connectivity index (χ2n) is 5.07. The molecule has 0 amide bonds. The molecule has 0 aliphatic heterocycles. The lowest BCUT2D eigenvalue weighted by molar-refractivity contribution is 0.303. The van der Waals surface area contributed by atoms with Crippen LogP contribution in [0.3, 0.4) is 0 Å². The van der Waals surface area contributed by atoms with Crippen LogP contribution in [0.2, 0.25) is 0 Å². The van der Waals surface area contributed by atoms with Gasteiger partial charge >= 0.3 is 0 Å². The highest BCUT2D eigenvalue weighted by Crippen LogP contribution is 2.28. The molecule has 2 N–H and O–H groups in total. The SMILES string of the molecule is NC(c1ccc(OC2CC2)cc1)c1cc(F)cc(F)c1. The maximum Gasteiger partial charge on any atom is 0.126 e. The topological polar surface area (TPSA) is 35.2 Å². The smallest absolute Gasteiger partial charge is 0.126 e. The van der Waals surface area contributed by atoms with E-state index in [4.69, 9.17) is 10.5 Å². The van der Waals surface area contributed by atoms with E-state index in [-0.39, 0.29) is 0 Å². The highest BCUT2D eigenvalue weighted by molar-refractivity contribution is 5.35. The maximum absolute atomic E-state index is 13.2. The van der Waals surface area contributed by atoms with Gasteiger partial charge in [-0.15, -0.1) is 0 Å². The van der Waals surface area contributed by atoms with E-state index in [9.17, 15) is 8.78 Å². The predicted octanol–water partition coefficient (Wildman–Crippen LogP) is 3.55. The van der Waals surface area contributed by atoms with Gasteiger partial charge in [0, 0.05) is 6.07 Å². The molecule has 0 heterocycles. The average molecular weight is 275 g/mol. The van der Waals surface area contributed by atoms with Crippen molar-refractivity contribution in [1.82, 2.24) is 0 Å². The summed E-state index contributed by atoms with van der Waals surface area (Å²) in [7, 11) is 0.